The van der Waals surface area contributed by atoms with Crippen LogP contribution in [-0.2, 0) is 10.0 Å². The minimum atomic E-state index is -3.87. The molecule has 0 bridgehead atoms. The number of sulfonamides is 1. The van der Waals surface area contributed by atoms with E-state index >= 15 is 0 Å². The molecule has 5 nitrogen and oxygen atoms in total. The van der Waals surface area contributed by atoms with Gasteiger partial charge in [-0.2, -0.15) is 0 Å². The van der Waals surface area contributed by atoms with Crippen molar-refractivity contribution < 1.29 is 17.5 Å². The van der Waals surface area contributed by atoms with E-state index < -0.39 is 15.8 Å². The fourth-order valence-electron chi connectivity index (χ4n) is 1.98. The highest BCUT2D eigenvalue weighted by Crippen LogP contribution is 2.34. The van der Waals surface area contributed by atoms with E-state index in [2.05, 4.69) is 20.7 Å². The van der Waals surface area contributed by atoms with E-state index in [4.69, 9.17) is 10.5 Å². The van der Waals surface area contributed by atoms with Crippen LogP contribution in [0.15, 0.2) is 21.5 Å². The number of methoxy groups -OCH3 is 1. The SMILES string of the molecule is COc1cc(Br)c(F)cc1S(=O)(=O)NC(CN)C1CC1. The average Bonchev–Trinajstić information content (AvgIpc) is 3.23. The molecule has 0 radical (unpaired) electrons. The lowest BCUT2D eigenvalue weighted by atomic mass is 10.2. The molecule has 1 atom stereocenters. The zero-order valence-corrected chi connectivity index (χ0v) is 13.3. The third kappa shape index (κ3) is 3.30. The molecule has 1 unspecified atom stereocenters. The largest absolute Gasteiger partial charge is 0.495 e. The van der Waals surface area contributed by atoms with Crippen LogP contribution in [0, 0.1) is 11.7 Å². The van der Waals surface area contributed by atoms with E-state index in [0.717, 1.165) is 18.9 Å². The molecule has 2 rings (SSSR count). The van der Waals surface area contributed by atoms with Gasteiger partial charge in [0, 0.05) is 12.6 Å². The quantitative estimate of drug-likeness (QED) is 0.801. The Balaban J connectivity index is 2.35. The first-order chi connectivity index (χ1) is 9.39. The molecule has 0 spiro atoms. The summed E-state index contributed by atoms with van der Waals surface area (Å²) < 4.78 is 46.0. The molecule has 20 heavy (non-hydrogen) atoms. The molecule has 0 aromatic heterocycles. The molecule has 1 aliphatic rings. The minimum absolute atomic E-state index is 0.0809. The van der Waals surface area contributed by atoms with E-state index in [9.17, 15) is 12.8 Å². The van der Waals surface area contributed by atoms with Crippen molar-refractivity contribution in [1.82, 2.24) is 4.72 Å². The van der Waals surface area contributed by atoms with Crippen LogP contribution in [0.2, 0.25) is 0 Å². The van der Waals surface area contributed by atoms with Gasteiger partial charge in [0.25, 0.3) is 0 Å². The Labute approximate surface area is 125 Å². The molecule has 1 aromatic rings. The van der Waals surface area contributed by atoms with Crippen molar-refractivity contribution in [1.29, 1.82) is 0 Å². The number of nitrogens with one attached hydrogen (secondary N) is 1. The van der Waals surface area contributed by atoms with Crippen LogP contribution in [0.5, 0.6) is 5.75 Å². The third-order valence-electron chi connectivity index (χ3n) is 3.25. The van der Waals surface area contributed by atoms with Crippen LogP contribution in [-0.4, -0.2) is 28.1 Å². The lowest BCUT2D eigenvalue weighted by molar-refractivity contribution is 0.399. The van der Waals surface area contributed by atoms with Gasteiger partial charge in [-0.3, -0.25) is 0 Å². The monoisotopic (exact) mass is 366 g/mol. The van der Waals surface area contributed by atoms with Gasteiger partial charge in [-0.05, 0) is 46.8 Å². The Kier molecular flexibility index (Phi) is 4.68. The molecule has 0 amide bonds. The second-order valence-corrected chi connectivity index (χ2v) is 7.25. The first-order valence-corrected chi connectivity index (χ1v) is 8.42. The fourth-order valence-corrected chi connectivity index (χ4v) is 3.78. The molecule has 0 heterocycles. The second-order valence-electron chi connectivity index (χ2n) is 4.72. The maximum Gasteiger partial charge on any atom is 0.244 e. The predicted molar refractivity (Wildman–Crippen MR) is 76.5 cm³/mol. The smallest absolute Gasteiger partial charge is 0.244 e. The molecular formula is C12H16BrFN2O3S. The summed E-state index contributed by atoms with van der Waals surface area (Å²) in [5, 5.41) is 0. The van der Waals surface area contributed by atoms with Crippen molar-refractivity contribution in [2.24, 2.45) is 11.7 Å². The maximum atomic E-state index is 13.6. The molecule has 112 valence electrons. The lowest BCUT2D eigenvalue weighted by Gasteiger charge is -2.17. The Morgan fingerprint density at radius 2 is 2.20 bits per heavy atom. The molecule has 3 N–H and O–H groups in total. The lowest BCUT2D eigenvalue weighted by Crippen LogP contribution is -2.41. The van der Waals surface area contributed by atoms with Crippen molar-refractivity contribution in [3.05, 3.63) is 22.4 Å². The zero-order chi connectivity index (χ0) is 14.9. The fraction of sp³-hybridized carbons (Fsp3) is 0.500. The van der Waals surface area contributed by atoms with Gasteiger partial charge in [0.1, 0.15) is 16.5 Å². The summed E-state index contributed by atoms with van der Waals surface area (Å²) in [5.74, 6) is -0.319. The summed E-state index contributed by atoms with van der Waals surface area (Å²) in [4.78, 5) is -0.222. The number of benzene rings is 1. The first-order valence-electron chi connectivity index (χ1n) is 6.14. The highest BCUT2D eigenvalue weighted by Gasteiger charge is 2.34. The Morgan fingerprint density at radius 1 is 1.55 bits per heavy atom. The minimum Gasteiger partial charge on any atom is -0.495 e. The molecule has 8 heteroatoms. The summed E-state index contributed by atoms with van der Waals surface area (Å²) in [6.45, 7) is 0.214. The summed E-state index contributed by atoms with van der Waals surface area (Å²) in [6, 6.07) is 1.90. The highest BCUT2D eigenvalue weighted by molar-refractivity contribution is 9.10. The van der Waals surface area contributed by atoms with E-state index in [1.54, 1.807) is 0 Å². The first kappa shape index (κ1) is 15.7. The molecule has 0 saturated heterocycles. The number of nitrogens with two attached hydrogens (primary N) is 1. The normalized spacial score (nSPS) is 17.0. The van der Waals surface area contributed by atoms with Gasteiger partial charge < -0.3 is 10.5 Å². The molecular weight excluding hydrogens is 351 g/mol. The van der Waals surface area contributed by atoms with Gasteiger partial charge in [0.2, 0.25) is 10.0 Å². The van der Waals surface area contributed by atoms with E-state index in [1.165, 1.54) is 13.2 Å². The Morgan fingerprint density at radius 3 is 2.70 bits per heavy atom. The van der Waals surface area contributed by atoms with E-state index in [0.29, 0.717) is 0 Å². The highest BCUT2D eigenvalue weighted by atomic mass is 79.9. The number of hydrogen-bond acceptors (Lipinski definition) is 4. The summed E-state index contributed by atoms with van der Waals surface area (Å²) >= 11 is 3.00. The van der Waals surface area contributed by atoms with Gasteiger partial charge in [0.15, 0.2) is 0 Å². The van der Waals surface area contributed by atoms with E-state index in [-0.39, 0.29) is 33.6 Å². The molecule has 1 aromatic carbocycles. The van der Waals surface area contributed by atoms with Crippen LogP contribution in [0.4, 0.5) is 4.39 Å². The Hall–Kier alpha value is -0.700. The summed E-state index contributed by atoms with van der Waals surface area (Å²) in [6.07, 6.45) is 1.91. The second kappa shape index (κ2) is 5.97. The van der Waals surface area contributed by atoms with Gasteiger partial charge >= 0.3 is 0 Å². The van der Waals surface area contributed by atoms with Crippen LogP contribution in [0.3, 0.4) is 0 Å². The standard InChI is InChI=1S/C12H16BrFN2O3S/c1-19-11-4-8(13)9(14)5-12(11)20(17,18)16-10(6-15)7-2-3-7/h4-5,7,10,16H,2-3,6,15H2,1H3. The molecule has 1 aliphatic carbocycles. The number of hydrogen-bond donors (Lipinski definition) is 2. The van der Waals surface area contributed by atoms with Crippen LogP contribution in [0.1, 0.15) is 12.8 Å². The van der Waals surface area contributed by atoms with Gasteiger partial charge in [-0.15, -0.1) is 0 Å². The molecule has 1 fully saturated rings. The van der Waals surface area contributed by atoms with E-state index in [1.807, 2.05) is 0 Å². The van der Waals surface area contributed by atoms with Gasteiger partial charge in [-0.1, -0.05) is 0 Å². The van der Waals surface area contributed by atoms with Crippen molar-refractivity contribution in [3.8, 4) is 5.75 Å². The number of ether oxygens (including phenoxy) is 1. The topological polar surface area (TPSA) is 81.4 Å². The van der Waals surface area contributed by atoms with Gasteiger partial charge in [0.05, 0.1) is 11.6 Å². The van der Waals surface area contributed by atoms with Crippen LogP contribution in [0.25, 0.3) is 0 Å². The van der Waals surface area contributed by atoms with Crippen LogP contribution < -0.4 is 15.2 Å². The molecule has 1 saturated carbocycles. The van der Waals surface area contributed by atoms with Crippen molar-refractivity contribution in [2.45, 2.75) is 23.8 Å². The van der Waals surface area contributed by atoms with Crippen molar-refractivity contribution in [2.75, 3.05) is 13.7 Å². The molecule has 0 aliphatic heterocycles. The van der Waals surface area contributed by atoms with Crippen molar-refractivity contribution >= 4 is 26.0 Å². The third-order valence-corrected chi connectivity index (χ3v) is 5.37. The number of rotatable bonds is 6. The number of halogens is 2. The van der Waals surface area contributed by atoms with Gasteiger partial charge in [-0.25, -0.2) is 17.5 Å². The summed E-state index contributed by atoms with van der Waals surface area (Å²) in [7, 11) is -2.54. The summed E-state index contributed by atoms with van der Waals surface area (Å²) in [5.41, 5.74) is 5.58. The predicted octanol–water partition coefficient (Wildman–Crippen LogP) is 1.61. The van der Waals surface area contributed by atoms with Crippen molar-refractivity contribution in [3.63, 3.8) is 0 Å². The Bertz CT molecular complexity index is 605. The maximum absolute atomic E-state index is 13.6. The average molecular weight is 367 g/mol. The zero-order valence-electron chi connectivity index (χ0n) is 10.9. The van der Waals surface area contributed by atoms with Crippen LogP contribution >= 0.6 is 15.9 Å².